The Labute approximate surface area is 109 Å². The summed E-state index contributed by atoms with van der Waals surface area (Å²) in [5.74, 6) is 0. The van der Waals surface area contributed by atoms with Crippen LogP contribution in [0.2, 0.25) is 5.15 Å². The molecule has 0 aliphatic carbocycles. The second kappa shape index (κ2) is 4.07. The first kappa shape index (κ1) is 11.2. The van der Waals surface area contributed by atoms with E-state index in [1.807, 2.05) is 32.0 Å². The number of imidazole rings is 1. The van der Waals surface area contributed by atoms with Gasteiger partial charge in [0.15, 0.2) is 10.8 Å². The summed E-state index contributed by atoms with van der Waals surface area (Å²) in [6.45, 7) is 3.89. The molecular formula is C13H11ClN4. The van der Waals surface area contributed by atoms with Crippen LogP contribution in [0.25, 0.3) is 16.9 Å². The smallest absolute Gasteiger partial charge is 0.154 e. The summed E-state index contributed by atoms with van der Waals surface area (Å²) in [7, 11) is 0. The lowest BCUT2D eigenvalue weighted by Gasteiger charge is -2.03. The average Bonchev–Trinajstić information content (AvgIpc) is 2.66. The summed E-state index contributed by atoms with van der Waals surface area (Å²) < 4.78 is 1.78. The lowest BCUT2D eigenvalue weighted by atomic mass is 10.2. The summed E-state index contributed by atoms with van der Waals surface area (Å²) in [4.78, 5) is 8.53. The molecule has 3 aromatic rings. The zero-order valence-electron chi connectivity index (χ0n) is 10.1. The van der Waals surface area contributed by atoms with Crippen LogP contribution >= 0.6 is 11.6 Å². The Morgan fingerprint density at radius 3 is 2.61 bits per heavy atom. The maximum absolute atomic E-state index is 6.08. The molecule has 90 valence electrons. The molecule has 0 aliphatic heterocycles. The Hall–Kier alpha value is -1.94. The van der Waals surface area contributed by atoms with Crippen molar-refractivity contribution >= 4 is 17.2 Å². The Morgan fingerprint density at radius 2 is 1.89 bits per heavy atom. The van der Waals surface area contributed by atoms with Gasteiger partial charge in [0, 0.05) is 18.0 Å². The number of rotatable bonds is 1. The van der Waals surface area contributed by atoms with Crippen LogP contribution in [0.4, 0.5) is 0 Å². The molecular weight excluding hydrogens is 248 g/mol. The second-order valence-electron chi connectivity index (χ2n) is 4.17. The SMILES string of the molecule is Cc1cc2nc(C)c(-c3ccncc3)n2nc1Cl. The van der Waals surface area contributed by atoms with Crippen molar-refractivity contribution in [3.05, 3.63) is 47.0 Å². The number of hydrogen-bond donors (Lipinski definition) is 0. The predicted octanol–water partition coefficient (Wildman–Crippen LogP) is 3.06. The van der Waals surface area contributed by atoms with Crippen molar-refractivity contribution in [1.29, 1.82) is 0 Å². The minimum atomic E-state index is 0.496. The van der Waals surface area contributed by atoms with Crippen molar-refractivity contribution in [2.75, 3.05) is 0 Å². The third-order valence-corrected chi connectivity index (χ3v) is 3.24. The first-order valence-corrected chi connectivity index (χ1v) is 5.97. The summed E-state index contributed by atoms with van der Waals surface area (Å²) >= 11 is 6.08. The molecule has 0 aliphatic rings. The van der Waals surface area contributed by atoms with Gasteiger partial charge in [-0.1, -0.05) is 11.6 Å². The van der Waals surface area contributed by atoms with Crippen LogP contribution in [-0.2, 0) is 0 Å². The number of hydrogen-bond acceptors (Lipinski definition) is 3. The van der Waals surface area contributed by atoms with Crippen LogP contribution in [0.15, 0.2) is 30.6 Å². The summed E-state index contributed by atoms with van der Waals surface area (Å²) in [6.07, 6.45) is 3.51. The fraction of sp³-hybridized carbons (Fsp3) is 0.154. The molecule has 3 heterocycles. The van der Waals surface area contributed by atoms with Crippen molar-refractivity contribution in [2.45, 2.75) is 13.8 Å². The Bertz CT molecular complexity index is 719. The van der Waals surface area contributed by atoms with Crippen LogP contribution in [0.5, 0.6) is 0 Å². The third kappa shape index (κ3) is 1.66. The molecule has 0 bridgehead atoms. The predicted molar refractivity (Wildman–Crippen MR) is 70.7 cm³/mol. The summed E-state index contributed by atoms with van der Waals surface area (Å²) in [5, 5.41) is 4.87. The highest BCUT2D eigenvalue weighted by Gasteiger charge is 2.13. The maximum Gasteiger partial charge on any atom is 0.154 e. The second-order valence-corrected chi connectivity index (χ2v) is 4.53. The molecule has 0 amide bonds. The Kier molecular flexibility index (Phi) is 2.52. The fourth-order valence-corrected chi connectivity index (χ4v) is 2.13. The van der Waals surface area contributed by atoms with Gasteiger partial charge in [-0.15, -0.1) is 0 Å². The number of fused-ring (bicyclic) bond motifs is 1. The Morgan fingerprint density at radius 1 is 1.17 bits per heavy atom. The van der Waals surface area contributed by atoms with E-state index in [1.165, 1.54) is 0 Å². The standard InChI is InChI=1S/C13H11ClN4/c1-8-7-11-16-9(2)12(18(11)17-13(8)14)10-3-5-15-6-4-10/h3-7H,1-2H3. The van der Waals surface area contributed by atoms with Gasteiger partial charge in [0.05, 0.1) is 11.4 Å². The minimum Gasteiger partial charge on any atom is -0.265 e. The zero-order chi connectivity index (χ0) is 12.7. The quantitative estimate of drug-likeness (QED) is 0.674. The third-order valence-electron chi connectivity index (χ3n) is 2.87. The first-order chi connectivity index (χ1) is 8.66. The normalized spacial score (nSPS) is 11.1. The number of pyridine rings is 1. The number of aromatic nitrogens is 4. The molecule has 0 atom stereocenters. The fourth-order valence-electron chi connectivity index (χ4n) is 2.00. The lowest BCUT2D eigenvalue weighted by Crippen LogP contribution is -1.97. The van der Waals surface area contributed by atoms with Gasteiger partial charge in [0.2, 0.25) is 0 Å². The molecule has 0 fully saturated rings. The van der Waals surface area contributed by atoms with Gasteiger partial charge in [-0.3, -0.25) is 4.98 Å². The number of nitrogens with zero attached hydrogens (tertiary/aromatic N) is 4. The number of aryl methyl sites for hydroxylation is 2. The highest BCUT2D eigenvalue weighted by molar-refractivity contribution is 6.30. The van der Waals surface area contributed by atoms with Crippen LogP contribution in [0.3, 0.4) is 0 Å². The Balaban J connectivity index is 2.36. The highest BCUT2D eigenvalue weighted by atomic mass is 35.5. The molecule has 18 heavy (non-hydrogen) atoms. The van der Waals surface area contributed by atoms with Gasteiger partial charge in [0.25, 0.3) is 0 Å². The van der Waals surface area contributed by atoms with E-state index >= 15 is 0 Å². The van der Waals surface area contributed by atoms with Gasteiger partial charge in [-0.25, -0.2) is 9.50 Å². The summed E-state index contributed by atoms with van der Waals surface area (Å²) in [5.41, 5.74) is 4.64. The van der Waals surface area contributed by atoms with E-state index in [1.54, 1.807) is 16.9 Å². The van der Waals surface area contributed by atoms with Gasteiger partial charge >= 0.3 is 0 Å². The molecule has 0 aromatic carbocycles. The molecule has 4 nitrogen and oxygen atoms in total. The van der Waals surface area contributed by atoms with Gasteiger partial charge in [0.1, 0.15) is 0 Å². The highest BCUT2D eigenvalue weighted by Crippen LogP contribution is 2.25. The van der Waals surface area contributed by atoms with Crippen molar-refractivity contribution in [3.8, 4) is 11.3 Å². The average molecular weight is 259 g/mol. The van der Waals surface area contributed by atoms with Crippen molar-refractivity contribution < 1.29 is 0 Å². The van der Waals surface area contributed by atoms with E-state index in [0.29, 0.717) is 5.15 Å². The first-order valence-electron chi connectivity index (χ1n) is 5.59. The van der Waals surface area contributed by atoms with Gasteiger partial charge in [-0.05, 0) is 37.6 Å². The van der Waals surface area contributed by atoms with Crippen molar-refractivity contribution in [3.63, 3.8) is 0 Å². The van der Waals surface area contributed by atoms with Gasteiger partial charge < -0.3 is 0 Å². The zero-order valence-corrected chi connectivity index (χ0v) is 10.8. The van der Waals surface area contributed by atoms with E-state index in [0.717, 1.165) is 28.2 Å². The van der Waals surface area contributed by atoms with Crippen molar-refractivity contribution in [2.24, 2.45) is 0 Å². The molecule has 0 saturated heterocycles. The van der Waals surface area contributed by atoms with Crippen molar-refractivity contribution in [1.82, 2.24) is 19.6 Å². The van der Waals surface area contributed by atoms with E-state index in [2.05, 4.69) is 15.1 Å². The molecule has 0 radical (unpaired) electrons. The van der Waals surface area contributed by atoms with Crippen LogP contribution in [0, 0.1) is 13.8 Å². The minimum absolute atomic E-state index is 0.496. The molecule has 0 N–H and O–H groups in total. The van der Waals surface area contributed by atoms with E-state index in [9.17, 15) is 0 Å². The van der Waals surface area contributed by atoms with E-state index in [4.69, 9.17) is 11.6 Å². The largest absolute Gasteiger partial charge is 0.265 e. The number of halogens is 1. The topological polar surface area (TPSA) is 43.1 Å². The van der Waals surface area contributed by atoms with E-state index in [-0.39, 0.29) is 0 Å². The van der Waals surface area contributed by atoms with Crippen LogP contribution < -0.4 is 0 Å². The molecule has 0 saturated carbocycles. The van der Waals surface area contributed by atoms with Gasteiger partial charge in [-0.2, -0.15) is 5.10 Å². The summed E-state index contributed by atoms with van der Waals surface area (Å²) in [6, 6.07) is 5.81. The molecule has 5 heteroatoms. The molecule has 3 rings (SSSR count). The monoisotopic (exact) mass is 258 g/mol. The molecule has 0 spiro atoms. The molecule has 0 unspecified atom stereocenters. The van der Waals surface area contributed by atoms with E-state index < -0.39 is 0 Å². The molecule has 3 aromatic heterocycles. The maximum atomic E-state index is 6.08. The van der Waals surface area contributed by atoms with Crippen LogP contribution in [-0.4, -0.2) is 19.6 Å². The lowest BCUT2D eigenvalue weighted by molar-refractivity contribution is 0.932. The van der Waals surface area contributed by atoms with Crippen LogP contribution in [0.1, 0.15) is 11.3 Å².